The second-order valence-electron chi connectivity index (χ2n) is 7.54. The molecule has 182 valence electrons. The zero-order valence-corrected chi connectivity index (χ0v) is 21.0. The Kier molecular flexibility index (Phi) is 10.4. The van der Waals surface area contributed by atoms with Crippen LogP contribution in [0.2, 0.25) is 0 Å². The van der Waals surface area contributed by atoms with E-state index in [-0.39, 0.29) is 30.4 Å². The van der Waals surface area contributed by atoms with E-state index in [0.29, 0.717) is 5.57 Å². The van der Waals surface area contributed by atoms with Gasteiger partial charge in [0.15, 0.2) is 0 Å². The van der Waals surface area contributed by atoms with Gasteiger partial charge in [-0.3, -0.25) is 19.3 Å². The predicted molar refractivity (Wildman–Crippen MR) is 124 cm³/mol. The largest absolute Gasteiger partial charge is 0.543 e. The van der Waals surface area contributed by atoms with Gasteiger partial charge in [-0.1, -0.05) is 6.07 Å². The number of quaternary nitrogens is 1. The van der Waals surface area contributed by atoms with Gasteiger partial charge in [-0.05, 0) is 32.2 Å². The maximum atomic E-state index is 12.4. The number of nitrogens with one attached hydrogen (secondary N) is 2. The SMILES string of the molecule is CC(=O)OCC1=C(C(=O)[O-])N2C(=O)[C@@H](NC(=O)Cc3cccs3)[C@H]2SC1.CC[NH+](CC)CC. The predicted octanol–water partition coefficient (Wildman–Crippen LogP) is -0.811. The van der Waals surface area contributed by atoms with Crippen molar-refractivity contribution in [3.63, 3.8) is 0 Å². The van der Waals surface area contributed by atoms with E-state index in [9.17, 15) is 24.3 Å². The van der Waals surface area contributed by atoms with Crippen LogP contribution in [-0.4, -0.2) is 72.1 Å². The van der Waals surface area contributed by atoms with Crippen LogP contribution in [0, 0.1) is 0 Å². The summed E-state index contributed by atoms with van der Waals surface area (Å²) in [6.07, 6.45) is 0.166. The highest BCUT2D eigenvalue weighted by Crippen LogP contribution is 2.40. The van der Waals surface area contributed by atoms with E-state index in [1.807, 2.05) is 17.5 Å². The average molecular weight is 498 g/mol. The Balaban J connectivity index is 0.000000479. The third-order valence-corrected chi connectivity index (χ3v) is 7.64. The quantitative estimate of drug-likeness (QED) is 0.338. The van der Waals surface area contributed by atoms with Gasteiger partial charge in [-0.2, -0.15) is 0 Å². The molecule has 3 heterocycles. The molecule has 1 fully saturated rings. The van der Waals surface area contributed by atoms with Crippen LogP contribution < -0.4 is 15.3 Å². The molecule has 2 aliphatic heterocycles. The number of thiophene rings is 1. The van der Waals surface area contributed by atoms with E-state index in [4.69, 9.17) is 4.74 Å². The summed E-state index contributed by atoms with van der Waals surface area (Å²) in [4.78, 5) is 50.6. The van der Waals surface area contributed by atoms with Crippen molar-refractivity contribution < 1.29 is 33.9 Å². The van der Waals surface area contributed by atoms with Crippen LogP contribution in [0.4, 0.5) is 0 Å². The molecule has 1 aromatic rings. The molecule has 33 heavy (non-hydrogen) atoms. The molecule has 1 saturated heterocycles. The summed E-state index contributed by atoms with van der Waals surface area (Å²) in [5.74, 6) is -2.59. The number of carboxylic acid groups (broad SMARTS) is 1. The number of hydrogen-bond acceptors (Lipinski definition) is 8. The van der Waals surface area contributed by atoms with Crippen molar-refractivity contribution in [2.75, 3.05) is 32.0 Å². The number of rotatable bonds is 9. The van der Waals surface area contributed by atoms with E-state index in [1.165, 1.54) is 49.7 Å². The number of nitrogens with zero attached hydrogens (tertiary/aromatic N) is 1. The minimum Gasteiger partial charge on any atom is -0.543 e. The summed E-state index contributed by atoms with van der Waals surface area (Å²) >= 11 is 2.75. The van der Waals surface area contributed by atoms with Crippen LogP contribution in [0.5, 0.6) is 0 Å². The highest BCUT2D eigenvalue weighted by molar-refractivity contribution is 8.00. The van der Waals surface area contributed by atoms with Crippen molar-refractivity contribution >= 4 is 46.9 Å². The minimum atomic E-state index is -1.51. The first kappa shape index (κ1) is 26.9. The van der Waals surface area contributed by atoms with Gasteiger partial charge >= 0.3 is 5.97 Å². The number of carbonyl (C=O) groups is 4. The van der Waals surface area contributed by atoms with E-state index >= 15 is 0 Å². The van der Waals surface area contributed by atoms with Crippen LogP contribution in [-0.2, 0) is 30.3 Å². The standard InChI is InChI=1S/C16H16N2O6S2.C6H15N/c1-8(19)24-6-9-7-26-15-12(14(21)18(15)13(9)16(22)23)17-11(20)5-10-3-2-4-25-10;1-4-7(5-2)6-3/h2-4,12,15H,5-7H2,1H3,(H,17,20)(H,22,23);4-6H2,1-3H3/t12-,15-;/m1./s1. The lowest BCUT2D eigenvalue weighted by atomic mass is 10.0. The van der Waals surface area contributed by atoms with Crippen molar-refractivity contribution in [1.82, 2.24) is 10.2 Å². The summed E-state index contributed by atoms with van der Waals surface area (Å²) in [5, 5.41) is 15.5. The number of ether oxygens (including phenoxy) is 1. The van der Waals surface area contributed by atoms with Crippen molar-refractivity contribution in [2.45, 2.75) is 45.5 Å². The molecule has 2 aliphatic rings. The highest BCUT2D eigenvalue weighted by Gasteiger charge is 2.52. The summed E-state index contributed by atoms with van der Waals surface area (Å²) in [5.41, 5.74) is 0.0296. The normalized spacial score (nSPS) is 19.3. The first-order valence-electron chi connectivity index (χ1n) is 10.9. The molecule has 0 aromatic carbocycles. The Bertz CT molecular complexity index is 877. The molecule has 2 atom stereocenters. The topological polar surface area (TPSA) is 120 Å². The summed E-state index contributed by atoms with van der Waals surface area (Å²) in [7, 11) is 0. The van der Waals surface area contributed by atoms with Gasteiger partial charge < -0.3 is 24.9 Å². The molecule has 0 aliphatic carbocycles. The number of amides is 2. The first-order chi connectivity index (χ1) is 15.7. The van der Waals surface area contributed by atoms with Gasteiger partial charge in [0.1, 0.15) is 18.0 Å². The van der Waals surface area contributed by atoms with Crippen molar-refractivity contribution in [3.05, 3.63) is 33.7 Å². The van der Waals surface area contributed by atoms with E-state index in [0.717, 1.165) is 9.78 Å². The van der Waals surface area contributed by atoms with Gasteiger partial charge in [-0.15, -0.1) is 23.1 Å². The maximum absolute atomic E-state index is 12.4. The second kappa shape index (κ2) is 12.8. The fourth-order valence-corrected chi connectivity index (χ4v) is 5.55. The minimum absolute atomic E-state index is 0.166. The van der Waals surface area contributed by atoms with Crippen LogP contribution in [0.25, 0.3) is 0 Å². The van der Waals surface area contributed by atoms with Crippen molar-refractivity contribution in [1.29, 1.82) is 0 Å². The lowest BCUT2D eigenvalue weighted by Crippen LogP contribution is -3.11. The molecule has 2 amide bonds. The number of carbonyl (C=O) groups excluding carboxylic acids is 4. The molecule has 0 spiro atoms. The Morgan fingerprint density at radius 3 is 2.39 bits per heavy atom. The molecule has 11 heteroatoms. The van der Waals surface area contributed by atoms with E-state index in [2.05, 4.69) is 26.1 Å². The summed E-state index contributed by atoms with van der Waals surface area (Å²) in [6, 6.07) is 2.88. The van der Waals surface area contributed by atoms with Crippen molar-refractivity contribution in [2.24, 2.45) is 0 Å². The summed E-state index contributed by atoms with van der Waals surface area (Å²) in [6.45, 7) is 11.5. The van der Waals surface area contributed by atoms with Gasteiger partial charge in [0.25, 0.3) is 5.91 Å². The lowest BCUT2D eigenvalue weighted by Gasteiger charge is -2.50. The van der Waals surface area contributed by atoms with Gasteiger partial charge in [0.2, 0.25) is 5.91 Å². The molecule has 0 bridgehead atoms. The van der Waals surface area contributed by atoms with Crippen LogP contribution in [0.1, 0.15) is 32.6 Å². The number of thioether (sulfide) groups is 1. The van der Waals surface area contributed by atoms with Crippen LogP contribution in [0.3, 0.4) is 0 Å². The maximum Gasteiger partial charge on any atom is 0.302 e. The van der Waals surface area contributed by atoms with Crippen LogP contribution >= 0.6 is 23.1 Å². The fraction of sp³-hybridized carbons (Fsp3) is 0.545. The molecule has 0 unspecified atom stereocenters. The van der Waals surface area contributed by atoms with Gasteiger partial charge in [-0.25, -0.2) is 0 Å². The second-order valence-corrected chi connectivity index (χ2v) is 9.68. The Hall–Kier alpha value is -2.37. The summed E-state index contributed by atoms with van der Waals surface area (Å²) < 4.78 is 4.85. The number of hydrogen-bond donors (Lipinski definition) is 2. The first-order valence-corrected chi connectivity index (χ1v) is 12.8. The molecule has 0 radical (unpaired) electrons. The van der Waals surface area contributed by atoms with Crippen LogP contribution in [0.15, 0.2) is 28.8 Å². The third kappa shape index (κ3) is 7.05. The smallest absolute Gasteiger partial charge is 0.302 e. The molecule has 2 N–H and O–H groups in total. The molecular weight excluding hydrogens is 466 g/mol. The average Bonchev–Trinajstić information content (AvgIpc) is 3.29. The zero-order chi connectivity index (χ0) is 24.5. The molecule has 3 rings (SSSR count). The third-order valence-electron chi connectivity index (χ3n) is 5.42. The van der Waals surface area contributed by atoms with Gasteiger partial charge in [0.05, 0.1) is 37.7 Å². The fourth-order valence-electron chi connectivity index (χ4n) is 3.52. The van der Waals surface area contributed by atoms with Gasteiger partial charge in [0, 0.05) is 23.1 Å². The Morgan fingerprint density at radius 1 is 1.24 bits per heavy atom. The zero-order valence-electron chi connectivity index (χ0n) is 19.3. The van der Waals surface area contributed by atoms with E-state index in [1.54, 1.807) is 4.90 Å². The number of esters is 1. The monoisotopic (exact) mass is 497 g/mol. The van der Waals surface area contributed by atoms with Crippen molar-refractivity contribution in [3.8, 4) is 0 Å². The number of carboxylic acids is 1. The molecule has 0 saturated carbocycles. The molecule has 1 aromatic heterocycles. The van der Waals surface area contributed by atoms with E-state index < -0.39 is 29.3 Å². The highest BCUT2D eigenvalue weighted by atomic mass is 32.2. The number of aliphatic carboxylic acids is 1. The molecule has 9 nitrogen and oxygen atoms in total. The Labute approximate surface area is 202 Å². The lowest BCUT2D eigenvalue weighted by molar-refractivity contribution is -0.894. The molecular formula is C22H31N3O6S2. The Morgan fingerprint density at radius 2 is 1.91 bits per heavy atom. The number of fused-ring (bicyclic) bond motifs is 1. The number of β-lactam (4-membered cyclic amide) rings is 1.